The van der Waals surface area contributed by atoms with Crippen LogP contribution in [-0.2, 0) is 10.2 Å². The van der Waals surface area contributed by atoms with Gasteiger partial charge in [-0.1, -0.05) is 55.8 Å². The Hall–Kier alpha value is -1.81. The minimum atomic E-state index is 0.141. The van der Waals surface area contributed by atoms with Crippen LogP contribution in [-0.4, -0.2) is 39.3 Å². The third-order valence-electron chi connectivity index (χ3n) is 5.35. The van der Waals surface area contributed by atoms with Crippen LogP contribution in [0.4, 0.5) is 0 Å². The van der Waals surface area contributed by atoms with Gasteiger partial charge in [-0.2, -0.15) is 0 Å². The summed E-state index contributed by atoms with van der Waals surface area (Å²) in [4.78, 5) is 4.39. The van der Waals surface area contributed by atoms with Gasteiger partial charge in [-0.15, -0.1) is 0 Å². The van der Waals surface area contributed by atoms with Crippen molar-refractivity contribution in [2.45, 2.75) is 44.9 Å². The van der Waals surface area contributed by atoms with Gasteiger partial charge in [0.15, 0.2) is 5.96 Å². The van der Waals surface area contributed by atoms with Gasteiger partial charge in [-0.25, -0.2) is 0 Å². The summed E-state index contributed by atoms with van der Waals surface area (Å²) < 4.78 is 5.36. The summed E-state index contributed by atoms with van der Waals surface area (Å²) in [6.07, 6.45) is 6.51. The van der Waals surface area contributed by atoms with E-state index >= 15 is 0 Å². The summed E-state index contributed by atoms with van der Waals surface area (Å²) in [6, 6.07) is 10.8. The molecule has 0 spiro atoms. The normalized spacial score (nSPS) is 15.6. The van der Waals surface area contributed by atoms with E-state index in [1.54, 1.807) is 0 Å². The Kier molecular flexibility index (Phi) is 7.99. The zero-order valence-electron chi connectivity index (χ0n) is 16.0. The zero-order valence-corrected chi connectivity index (χ0v) is 16.0. The number of hydrogen-bond acceptors (Lipinski definition) is 2. The number of aliphatic imine (C=N–C) groups is 1. The quantitative estimate of drug-likeness (QED) is 0.430. The fourth-order valence-corrected chi connectivity index (χ4v) is 3.41. The molecule has 0 saturated heterocycles. The molecule has 4 nitrogen and oxygen atoms in total. The van der Waals surface area contributed by atoms with Crippen LogP contribution in [0.15, 0.2) is 47.0 Å². The van der Waals surface area contributed by atoms with Crippen LogP contribution in [0.3, 0.4) is 0 Å². The molecule has 0 atom stereocenters. The third-order valence-corrected chi connectivity index (χ3v) is 5.35. The molecule has 0 aromatic heterocycles. The topological polar surface area (TPSA) is 45.7 Å². The molecule has 0 unspecified atom stereocenters. The van der Waals surface area contributed by atoms with Crippen molar-refractivity contribution in [3.63, 3.8) is 0 Å². The standard InChI is InChI=1S/C21H33N3O/c1-4-21(5-2,19-9-7-6-8-10-19)17-24-20(22-3)23-14-11-18-12-15-25-16-13-18/h6-10,12H,4-5,11,13-17H2,1-3H3,(H2,22,23,24). The highest BCUT2D eigenvalue weighted by Gasteiger charge is 2.28. The number of guanidine groups is 1. The second-order valence-corrected chi connectivity index (χ2v) is 6.64. The Bertz CT molecular complexity index is 562. The highest BCUT2D eigenvalue weighted by atomic mass is 16.5. The fraction of sp³-hybridized carbons (Fsp3) is 0.571. The largest absolute Gasteiger partial charge is 0.377 e. The monoisotopic (exact) mass is 343 g/mol. The van der Waals surface area contributed by atoms with E-state index in [1.165, 1.54) is 11.1 Å². The maximum absolute atomic E-state index is 5.36. The van der Waals surface area contributed by atoms with E-state index in [4.69, 9.17) is 4.74 Å². The lowest BCUT2D eigenvalue weighted by Gasteiger charge is -2.33. The first-order chi connectivity index (χ1) is 12.2. The van der Waals surface area contributed by atoms with Gasteiger partial charge in [0.1, 0.15) is 0 Å². The summed E-state index contributed by atoms with van der Waals surface area (Å²) in [5, 5.41) is 6.99. The highest BCUT2D eigenvalue weighted by Crippen LogP contribution is 2.30. The second-order valence-electron chi connectivity index (χ2n) is 6.64. The van der Waals surface area contributed by atoms with Crippen LogP contribution in [0, 0.1) is 0 Å². The Labute approximate surface area is 152 Å². The van der Waals surface area contributed by atoms with Crippen LogP contribution < -0.4 is 10.6 Å². The summed E-state index contributed by atoms with van der Waals surface area (Å²) in [5.74, 6) is 0.884. The third kappa shape index (κ3) is 5.60. The lowest BCUT2D eigenvalue weighted by Crippen LogP contribution is -2.45. The molecule has 0 saturated carbocycles. The van der Waals surface area contributed by atoms with Crippen LogP contribution in [0.5, 0.6) is 0 Å². The summed E-state index contributed by atoms with van der Waals surface area (Å²) in [5.41, 5.74) is 3.02. The van der Waals surface area contributed by atoms with Gasteiger partial charge in [0.2, 0.25) is 0 Å². The van der Waals surface area contributed by atoms with Gasteiger partial charge in [-0.05, 0) is 31.2 Å². The molecule has 1 aliphatic rings. The molecule has 0 bridgehead atoms. The van der Waals surface area contributed by atoms with E-state index in [0.29, 0.717) is 0 Å². The van der Waals surface area contributed by atoms with Crippen LogP contribution >= 0.6 is 0 Å². The van der Waals surface area contributed by atoms with E-state index in [9.17, 15) is 0 Å². The van der Waals surface area contributed by atoms with Gasteiger partial charge in [0.05, 0.1) is 13.2 Å². The van der Waals surface area contributed by atoms with E-state index in [2.05, 4.69) is 65.9 Å². The average molecular weight is 344 g/mol. The van der Waals surface area contributed by atoms with Crippen molar-refractivity contribution in [1.82, 2.24) is 10.6 Å². The van der Waals surface area contributed by atoms with Crippen LogP contribution in [0.2, 0.25) is 0 Å². The second kappa shape index (κ2) is 10.2. The van der Waals surface area contributed by atoms with Crippen molar-refractivity contribution >= 4 is 5.96 Å². The smallest absolute Gasteiger partial charge is 0.191 e. The minimum absolute atomic E-state index is 0.141. The summed E-state index contributed by atoms with van der Waals surface area (Å²) in [7, 11) is 1.84. The lowest BCUT2D eigenvalue weighted by atomic mass is 9.76. The molecule has 0 radical (unpaired) electrons. The van der Waals surface area contributed by atoms with Crippen molar-refractivity contribution in [3.8, 4) is 0 Å². The predicted molar refractivity (Wildman–Crippen MR) is 106 cm³/mol. The van der Waals surface area contributed by atoms with Crippen LogP contribution in [0.25, 0.3) is 0 Å². The molecular weight excluding hydrogens is 310 g/mol. The number of nitrogens with one attached hydrogen (secondary N) is 2. The first-order valence-corrected chi connectivity index (χ1v) is 9.49. The molecule has 0 amide bonds. The van der Waals surface area contributed by atoms with Crippen molar-refractivity contribution in [1.29, 1.82) is 0 Å². The maximum Gasteiger partial charge on any atom is 0.191 e. The van der Waals surface area contributed by atoms with Gasteiger partial charge in [-0.3, -0.25) is 4.99 Å². The number of ether oxygens (including phenoxy) is 1. The van der Waals surface area contributed by atoms with E-state index in [1.807, 2.05) is 7.05 Å². The molecule has 2 N–H and O–H groups in total. The number of rotatable bonds is 8. The van der Waals surface area contributed by atoms with Crippen molar-refractivity contribution in [2.24, 2.45) is 4.99 Å². The van der Waals surface area contributed by atoms with Gasteiger partial charge < -0.3 is 15.4 Å². The average Bonchev–Trinajstić information content (AvgIpc) is 2.69. The maximum atomic E-state index is 5.36. The first-order valence-electron chi connectivity index (χ1n) is 9.49. The molecule has 1 aliphatic heterocycles. The molecule has 138 valence electrons. The Morgan fingerprint density at radius 1 is 1.16 bits per heavy atom. The van der Waals surface area contributed by atoms with Gasteiger partial charge >= 0.3 is 0 Å². The Morgan fingerprint density at radius 3 is 2.52 bits per heavy atom. The van der Waals surface area contributed by atoms with Crippen molar-refractivity contribution in [2.75, 3.05) is 33.4 Å². The molecule has 0 fully saturated rings. The predicted octanol–water partition coefficient (Wildman–Crippen LogP) is 3.65. The summed E-state index contributed by atoms with van der Waals surface area (Å²) in [6.45, 7) is 7.95. The van der Waals surface area contributed by atoms with E-state index < -0.39 is 0 Å². The fourth-order valence-electron chi connectivity index (χ4n) is 3.41. The molecule has 0 aliphatic carbocycles. The molecular formula is C21H33N3O. The Balaban J connectivity index is 1.88. The van der Waals surface area contributed by atoms with Gasteiger partial charge in [0.25, 0.3) is 0 Å². The SMILES string of the molecule is CCC(CC)(CNC(=NC)NCCC1=CCOCC1)c1ccccc1. The van der Waals surface area contributed by atoms with Crippen molar-refractivity contribution in [3.05, 3.63) is 47.5 Å². The van der Waals surface area contributed by atoms with Crippen LogP contribution in [0.1, 0.15) is 45.1 Å². The lowest BCUT2D eigenvalue weighted by molar-refractivity contribution is 0.153. The molecule has 1 aromatic rings. The summed E-state index contributed by atoms with van der Waals surface area (Å²) >= 11 is 0. The molecule has 1 aromatic carbocycles. The highest BCUT2D eigenvalue weighted by molar-refractivity contribution is 5.79. The van der Waals surface area contributed by atoms with E-state index in [0.717, 1.165) is 57.9 Å². The molecule has 25 heavy (non-hydrogen) atoms. The zero-order chi connectivity index (χ0) is 18.0. The number of nitrogens with zero attached hydrogens (tertiary/aromatic N) is 1. The van der Waals surface area contributed by atoms with E-state index in [-0.39, 0.29) is 5.41 Å². The number of hydrogen-bond donors (Lipinski definition) is 2. The molecule has 2 rings (SSSR count). The first kappa shape index (κ1) is 19.5. The van der Waals surface area contributed by atoms with Gasteiger partial charge in [0, 0.05) is 25.6 Å². The number of benzene rings is 1. The van der Waals surface area contributed by atoms with Crippen molar-refractivity contribution < 1.29 is 4.74 Å². The minimum Gasteiger partial charge on any atom is -0.377 e. The molecule has 1 heterocycles. The Morgan fingerprint density at radius 2 is 1.92 bits per heavy atom. The molecule has 4 heteroatoms.